The van der Waals surface area contributed by atoms with Crippen LogP contribution in [0.1, 0.15) is 38.3 Å². The molecule has 3 heterocycles. The number of hydrogen-bond acceptors (Lipinski definition) is 8. The third-order valence-electron chi connectivity index (χ3n) is 6.25. The summed E-state index contributed by atoms with van der Waals surface area (Å²) in [5.41, 5.74) is 2.98. The van der Waals surface area contributed by atoms with Crippen LogP contribution >= 0.6 is 0 Å². The van der Waals surface area contributed by atoms with Gasteiger partial charge in [-0.05, 0) is 41.7 Å². The highest BCUT2D eigenvalue weighted by atomic mass is 16.5. The molecule has 0 fully saturated rings. The van der Waals surface area contributed by atoms with E-state index >= 15 is 0 Å². The molecule has 0 bridgehead atoms. The Hall–Kier alpha value is -3.88. The van der Waals surface area contributed by atoms with Gasteiger partial charge in [0.25, 0.3) is 0 Å². The number of benzene rings is 1. The summed E-state index contributed by atoms with van der Waals surface area (Å²) >= 11 is 0. The van der Waals surface area contributed by atoms with Crippen molar-refractivity contribution in [3.05, 3.63) is 53.5 Å². The number of allylic oxidation sites excluding steroid dienone is 2. The fraction of sp³-hybridized carbons (Fsp3) is 0.360. The molecule has 5 rings (SSSR count). The molecule has 0 saturated heterocycles. The maximum Gasteiger partial charge on any atom is 0.226 e. The Balaban J connectivity index is 1.73. The van der Waals surface area contributed by atoms with Gasteiger partial charge in [0.15, 0.2) is 23.1 Å². The second-order valence-corrected chi connectivity index (χ2v) is 9.26. The molecule has 34 heavy (non-hydrogen) atoms. The Kier molecular flexibility index (Phi) is 5.27. The lowest BCUT2D eigenvalue weighted by atomic mass is 9.73. The van der Waals surface area contributed by atoms with Crippen LogP contribution in [0.25, 0.3) is 11.4 Å². The first kappa shape index (κ1) is 21.9. The number of carbonyl (C=O) groups excluding carboxylic acids is 1. The van der Waals surface area contributed by atoms with E-state index in [0.717, 1.165) is 23.2 Å². The molecule has 1 unspecified atom stereocenters. The minimum absolute atomic E-state index is 0.0848. The first-order valence-corrected chi connectivity index (χ1v) is 11.1. The molecule has 1 aliphatic heterocycles. The summed E-state index contributed by atoms with van der Waals surface area (Å²) in [5, 5.41) is 8.19. The molecule has 1 atom stereocenters. The standard InChI is InChI=1S/C25H27N5O4/c1-25(2)11-16-20(17(31)12-25)21(15-9-18(32-3)22(34-5)19(10-15)33-4)30-24(27-16)28-23(29-30)14-7-6-8-26-13-14/h6-10,13,21H,11-12H2,1-5H3,(H,27,28,29). The quantitative estimate of drug-likeness (QED) is 0.608. The van der Waals surface area contributed by atoms with E-state index < -0.39 is 6.04 Å². The molecule has 0 amide bonds. The number of anilines is 1. The number of aromatic nitrogens is 4. The predicted octanol–water partition coefficient (Wildman–Crippen LogP) is 4.02. The summed E-state index contributed by atoms with van der Waals surface area (Å²) in [6.07, 6.45) is 4.60. The van der Waals surface area contributed by atoms with E-state index in [9.17, 15) is 4.79 Å². The number of nitrogens with zero attached hydrogens (tertiary/aromatic N) is 4. The number of fused-ring (bicyclic) bond motifs is 1. The van der Waals surface area contributed by atoms with Crippen molar-refractivity contribution in [1.29, 1.82) is 0 Å². The highest BCUT2D eigenvalue weighted by Crippen LogP contribution is 2.48. The maximum absolute atomic E-state index is 13.5. The summed E-state index contributed by atoms with van der Waals surface area (Å²) < 4.78 is 18.5. The summed E-state index contributed by atoms with van der Waals surface area (Å²) in [6, 6.07) is 6.98. The van der Waals surface area contributed by atoms with Gasteiger partial charge >= 0.3 is 0 Å². The van der Waals surface area contributed by atoms with Crippen LogP contribution in [0, 0.1) is 5.41 Å². The van der Waals surface area contributed by atoms with Gasteiger partial charge in [0.05, 0.1) is 21.3 Å². The molecular formula is C25H27N5O4. The van der Waals surface area contributed by atoms with Crippen LogP contribution in [-0.2, 0) is 4.79 Å². The monoisotopic (exact) mass is 461 g/mol. The van der Waals surface area contributed by atoms with Gasteiger partial charge in [-0.25, -0.2) is 4.68 Å². The summed E-state index contributed by atoms with van der Waals surface area (Å²) in [4.78, 5) is 22.4. The maximum atomic E-state index is 13.5. The fourth-order valence-electron chi connectivity index (χ4n) is 4.79. The molecule has 2 aromatic heterocycles. The zero-order valence-electron chi connectivity index (χ0n) is 19.9. The van der Waals surface area contributed by atoms with Crippen LogP contribution in [0.15, 0.2) is 47.9 Å². The zero-order valence-corrected chi connectivity index (χ0v) is 19.9. The van der Waals surface area contributed by atoms with Gasteiger partial charge in [0.1, 0.15) is 6.04 Å². The largest absolute Gasteiger partial charge is 0.493 e. The minimum atomic E-state index is -0.499. The van der Waals surface area contributed by atoms with Crippen molar-refractivity contribution in [2.24, 2.45) is 5.41 Å². The lowest BCUT2D eigenvalue weighted by Gasteiger charge is -2.38. The number of Topliss-reactive ketones (excluding diaryl/α,β-unsaturated/α-hetero) is 1. The van der Waals surface area contributed by atoms with Crippen LogP contribution in [0.2, 0.25) is 0 Å². The van der Waals surface area contributed by atoms with Crippen molar-refractivity contribution in [3.63, 3.8) is 0 Å². The first-order chi connectivity index (χ1) is 16.3. The predicted molar refractivity (Wildman–Crippen MR) is 126 cm³/mol. The SMILES string of the molecule is COc1cc(C2C3=C(CC(C)(C)CC3=O)Nc3nc(-c4cccnc4)nn32)cc(OC)c1OC. The smallest absolute Gasteiger partial charge is 0.226 e. The number of pyridine rings is 1. The molecule has 9 nitrogen and oxygen atoms in total. The van der Waals surface area contributed by atoms with Gasteiger partial charge in [-0.2, -0.15) is 4.98 Å². The third-order valence-corrected chi connectivity index (χ3v) is 6.25. The Morgan fingerprint density at radius 1 is 1.09 bits per heavy atom. The van der Waals surface area contributed by atoms with Gasteiger partial charge in [0.2, 0.25) is 11.7 Å². The van der Waals surface area contributed by atoms with Gasteiger partial charge in [-0.1, -0.05) is 13.8 Å². The highest BCUT2D eigenvalue weighted by molar-refractivity contribution is 6.00. The Labute approximate surface area is 197 Å². The second kappa shape index (κ2) is 8.16. The molecular weight excluding hydrogens is 434 g/mol. The number of methoxy groups -OCH3 is 3. The van der Waals surface area contributed by atoms with Crippen molar-refractivity contribution < 1.29 is 19.0 Å². The molecule has 1 aliphatic carbocycles. The summed E-state index contributed by atoms with van der Waals surface area (Å²) in [6.45, 7) is 4.20. The van der Waals surface area contributed by atoms with Gasteiger partial charge in [0, 0.05) is 35.6 Å². The third kappa shape index (κ3) is 3.57. The van der Waals surface area contributed by atoms with E-state index in [2.05, 4.69) is 24.1 Å². The molecule has 3 aromatic rings. The van der Waals surface area contributed by atoms with Crippen molar-refractivity contribution >= 4 is 11.7 Å². The molecule has 1 aromatic carbocycles. The van der Waals surface area contributed by atoms with Crippen molar-refractivity contribution in [1.82, 2.24) is 19.7 Å². The summed E-state index contributed by atoms with van der Waals surface area (Å²) in [7, 11) is 4.71. The lowest BCUT2D eigenvalue weighted by molar-refractivity contribution is -0.118. The van der Waals surface area contributed by atoms with Crippen molar-refractivity contribution in [3.8, 4) is 28.6 Å². The highest BCUT2D eigenvalue weighted by Gasteiger charge is 2.42. The minimum Gasteiger partial charge on any atom is -0.493 e. The van der Waals surface area contributed by atoms with E-state index in [0.29, 0.717) is 41.0 Å². The molecule has 176 valence electrons. The van der Waals surface area contributed by atoms with E-state index in [1.807, 2.05) is 24.3 Å². The normalized spacial score (nSPS) is 18.6. The van der Waals surface area contributed by atoms with Crippen LogP contribution in [0.3, 0.4) is 0 Å². The molecule has 2 aliphatic rings. The van der Waals surface area contributed by atoms with E-state index in [-0.39, 0.29) is 11.2 Å². The first-order valence-electron chi connectivity index (χ1n) is 11.1. The number of ether oxygens (including phenoxy) is 3. The van der Waals surface area contributed by atoms with E-state index in [1.54, 1.807) is 38.4 Å². The van der Waals surface area contributed by atoms with Crippen molar-refractivity contribution in [2.75, 3.05) is 26.6 Å². The molecule has 1 N–H and O–H groups in total. The number of carbonyl (C=O) groups is 1. The van der Waals surface area contributed by atoms with Crippen molar-refractivity contribution in [2.45, 2.75) is 32.7 Å². The molecule has 9 heteroatoms. The molecule has 0 spiro atoms. The van der Waals surface area contributed by atoms with Gasteiger partial charge in [-0.15, -0.1) is 5.10 Å². The van der Waals surface area contributed by atoms with E-state index in [1.165, 1.54) is 0 Å². The van der Waals surface area contributed by atoms with Crippen LogP contribution in [0.5, 0.6) is 17.2 Å². The van der Waals surface area contributed by atoms with E-state index in [4.69, 9.17) is 24.3 Å². The average Bonchev–Trinajstić information content (AvgIpc) is 3.25. The zero-order chi connectivity index (χ0) is 24.0. The number of nitrogens with one attached hydrogen (secondary N) is 1. The van der Waals surface area contributed by atoms with Crippen LogP contribution < -0.4 is 19.5 Å². The number of ketones is 1. The van der Waals surface area contributed by atoms with Crippen LogP contribution in [-0.4, -0.2) is 46.9 Å². The molecule has 0 radical (unpaired) electrons. The second-order valence-electron chi connectivity index (χ2n) is 9.26. The Morgan fingerprint density at radius 3 is 2.44 bits per heavy atom. The fourth-order valence-corrected chi connectivity index (χ4v) is 4.79. The van der Waals surface area contributed by atoms with Gasteiger partial charge < -0.3 is 19.5 Å². The Morgan fingerprint density at radius 2 is 1.82 bits per heavy atom. The topological polar surface area (TPSA) is 100 Å². The number of hydrogen-bond donors (Lipinski definition) is 1. The molecule has 0 saturated carbocycles. The Bertz CT molecular complexity index is 1270. The number of rotatable bonds is 5. The van der Waals surface area contributed by atoms with Gasteiger partial charge in [-0.3, -0.25) is 9.78 Å². The average molecular weight is 462 g/mol. The van der Waals surface area contributed by atoms with Crippen LogP contribution in [0.4, 0.5) is 5.95 Å². The summed E-state index contributed by atoms with van der Waals surface area (Å²) in [5.74, 6) is 2.69. The lowest BCUT2D eigenvalue weighted by Crippen LogP contribution is -2.36.